The molecule has 1 fully saturated rings. The normalized spacial score (nSPS) is 25.0. The highest BCUT2D eigenvalue weighted by atomic mass is 127. The van der Waals surface area contributed by atoms with Crippen molar-refractivity contribution in [2.75, 3.05) is 60.0 Å². The third kappa shape index (κ3) is 4.69. The van der Waals surface area contributed by atoms with E-state index >= 15 is 0 Å². The number of sulfonamides is 1. The molecule has 1 N–H and O–H groups in total. The SMILES string of the molecule is CCCN1CC2=C(C(=O)NC2c2cc(S(=O)(=O)N3CCN(C)CC3)ccc2OCC)N(C)C1I. The molecule has 9 nitrogen and oxygen atoms in total. The van der Waals surface area contributed by atoms with E-state index < -0.39 is 16.1 Å². The number of benzene rings is 1. The number of ether oxygens (including phenoxy) is 1. The molecule has 0 aliphatic carbocycles. The molecule has 1 amide bonds. The van der Waals surface area contributed by atoms with E-state index in [1.165, 1.54) is 0 Å². The molecule has 0 bridgehead atoms. The van der Waals surface area contributed by atoms with Crippen molar-refractivity contribution in [2.24, 2.45) is 0 Å². The minimum atomic E-state index is -3.65. The Hall–Kier alpha value is -1.41. The minimum Gasteiger partial charge on any atom is -0.494 e. The Morgan fingerprint density at radius 1 is 1.15 bits per heavy atom. The van der Waals surface area contributed by atoms with Gasteiger partial charge in [0.25, 0.3) is 5.91 Å². The van der Waals surface area contributed by atoms with Gasteiger partial charge in [-0.3, -0.25) is 9.69 Å². The maximum atomic E-state index is 13.5. The average Bonchev–Trinajstić information content (AvgIpc) is 3.14. The lowest BCUT2D eigenvalue weighted by atomic mass is 9.97. The zero-order valence-electron chi connectivity index (χ0n) is 20.3. The molecule has 0 radical (unpaired) electrons. The molecule has 11 heteroatoms. The molecule has 3 aliphatic rings. The van der Waals surface area contributed by atoms with Gasteiger partial charge in [-0.15, -0.1) is 0 Å². The van der Waals surface area contributed by atoms with Crippen LogP contribution in [-0.2, 0) is 14.8 Å². The first-order chi connectivity index (χ1) is 16.2. The second-order valence-corrected chi connectivity index (χ2v) is 12.1. The lowest BCUT2D eigenvalue weighted by Gasteiger charge is -2.40. The Kier molecular flexibility index (Phi) is 7.77. The lowest BCUT2D eigenvalue weighted by molar-refractivity contribution is -0.118. The highest BCUT2D eigenvalue weighted by Gasteiger charge is 2.43. The van der Waals surface area contributed by atoms with Gasteiger partial charge in [0, 0.05) is 51.9 Å². The lowest BCUT2D eigenvalue weighted by Crippen LogP contribution is -2.48. The Balaban J connectivity index is 1.74. The van der Waals surface area contributed by atoms with Crippen LogP contribution in [-0.4, -0.2) is 97.5 Å². The van der Waals surface area contributed by atoms with E-state index in [9.17, 15) is 13.2 Å². The van der Waals surface area contributed by atoms with Gasteiger partial charge >= 0.3 is 0 Å². The molecule has 2 atom stereocenters. The number of likely N-dealkylation sites (N-methyl/N-ethyl adjacent to an activating group) is 2. The largest absolute Gasteiger partial charge is 0.494 e. The molecule has 3 aliphatic heterocycles. The number of carbonyl (C=O) groups excluding carboxylic acids is 1. The number of alkyl halides is 1. The number of amides is 1. The number of halogens is 1. The van der Waals surface area contributed by atoms with E-state index in [2.05, 4.69) is 44.6 Å². The second kappa shape index (κ2) is 10.3. The first-order valence-corrected chi connectivity index (χ1v) is 14.5. The molecule has 34 heavy (non-hydrogen) atoms. The predicted octanol–water partition coefficient (Wildman–Crippen LogP) is 1.82. The summed E-state index contributed by atoms with van der Waals surface area (Å²) in [6, 6.07) is 4.60. The Bertz CT molecular complexity index is 1070. The average molecular weight is 604 g/mol. The van der Waals surface area contributed by atoms with Crippen molar-refractivity contribution in [2.45, 2.75) is 35.4 Å². The van der Waals surface area contributed by atoms with Gasteiger partial charge in [0.2, 0.25) is 10.0 Å². The molecule has 0 saturated carbocycles. The van der Waals surface area contributed by atoms with Crippen LogP contribution in [0.2, 0.25) is 0 Å². The zero-order valence-corrected chi connectivity index (χ0v) is 23.2. The minimum absolute atomic E-state index is 0.0797. The van der Waals surface area contributed by atoms with Gasteiger partial charge in [-0.05, 0) is 66.8 Å². The van der Waals surface area contributed by atoms with E-state index in [0.29, 0.717) is 56.3 Å². The first-order valence-electron chi connectivity index (χ1n) is 11.8. The van der Waals surface area contributed by atoms with Crippen LogP contribution in [0.3, 0.4) is 0 Å². The van der Waals surface area contributed by atoms with Crippen molar-refractivity contribution < 1.29 is 17.9 Å². The molecule has 2 unspecified atom stereocenters. The topological polar surface area (TPSA) is 85.4 Å². The predicted molar refractivity (Wildman–Crippen MR) is 139 cm³/mol. The summed E-state index contributed by atoms with van der Waals surface area (Å²) in [6.45, 7) is 8.37. The second-order valence-electron chi connectivity index (χ2n) is 9.01. The molecule has 4 rings (SSSR count). The Labute approximate surface area is 216 Å². The number of hydrogen-bond acceptors (Lipinski definition) is 7. The van der Waals surface area contributed by atoms with Gasteiger partial charge in [-0.25, -0.2) is 8.42 Å². The molecule has 3 heterocycles. The van der Waals surface area contributed by atoms with Crippen molar-refractivity contribution >= 4 is 38.5 Å². The third-order valence-electron chi connectivity index (χ3n) is 6.69. The van der Waals surface area contributed by atoms with Crippen molar-refractivity contribution in [1.29, 1.82) is 0 Å². The highest BCUT2D eigenvalue weighted by molar-refractivity contribution is 14.1. The molecule has 1 saturated heterocycles. The molecule has 0 spiro atoms. The molecular weight excluding hydrogens is 569 g/mol. The van der Waals surface area contributed by atoms with E-state index in [0.717, 1.165) is 18.5 Å². The van der Waals surface area contributed by atoms with E-state index in [4.69, 9.17) is 4.74 Å². The monoisotopic (exact) mass is 603 g/mol. The van der Waals surface area contributed by atoms with Crippen molar-refractivity contribution in [3.63, 3.8) is 0 Å². The van der Waals surface area contributed by atoms with Gasteiger partial charge in [-0.1, -0.05) is 6.92 Å². The van der Waals surface area contributed by atoms with Crippen molar-refractivity contribution in [3.05, 3.63) is 35.0 Å². The number of nitrogens with one attached hydrogen (secondary N) is 1. The first kappa shape index (κ1) is 25.7. The maximum absolute atomic E-state index is 13.5. The van der Waals surface area contributed by atoms with E-state index in [-0.39, 0.29) is 15.0 Å². The number of carbonyl (C=O) groups is 1. The van der Waals surface area contributed by atoms with Gasteiger partial charge in [0.15, 0.2) is 0 Å². The highest BCUT2D eigenvalue weighted by Crippen LogP contribution is 2.41. The standard InChI is InChI=1S/C23H34IN5O4S/c1-5-9-28-15-18-20(25-22(30)21(18)27(4)23(28)24)17-14-16(7-8-19(17)33-6-2)34(31,32)29-12-10-26(3)11-13-29/h7-8,14,20,23H,5-6,9-13,15H2,1-4H3,(H,25,30). The summed E-state index contributed by atoms with van der Waals surface area (Å²) >= 11 is 2.36. The third-order valence-corrected chi connectivity index (χ3v) is 10.2. The molecule has 188 valence electrons. The summed E-state index contributed by atoms with van der Waals surface area (Å²) in [7, 11) is 0.284. The zero-order chi connectivity index (χ0) is 24.6. The number of rotatable bonds is 7. The fraction of sp³-hybridized carbons (Fsp3) is 0.609. The van der Waals surface area contributed by atoms with Gasteiger partial charge in [0.1, 0.15) is 15.6 Å². The van der Waals surface area contributed by atoms with Crippen LogP contribution in [0.25, 0.3) is 0 Å². The van der Waals surface area contributed by atoms with Crippen LogP contribution < -0.4 is 10.1 Å². The molecule has 1 aromatic carbocycles. The summed E-state index contributed by atoms with van der Waals surface area (Å²) < 4.78 is 34.4. The van der Waals surface area contributed by atoms with Crippen LogP contribution in [0.1, 0.15) is 31.9 Å². The number of hydrogen-bond donors (Lipinski definition) is 1. The molecule has 0 aromatic heterocycles. The van der Waals surface area contributed by atoms with Crippen LogP contribution in [0, 0.1) is 0 Å². The van der Waals surface area contributed by atoms with Crippen LogP contribution in [0.5, 0.6) is 5.75 Å². The van der Waals surface area contributed by atoms with Gasteiger partial charge < -0.3 is 19.9 Å². The van der Waals surface area contributed by atoms with Crippen molar-refractivity contribution in [1.82, 2.24) is 24.3 Å². The number of piperazine rings is 1. The van der Waals surface area contributed by atoms with Crippen LogP contribution in [0.15, 0.2) is 34.4 Å². The smallest absolute Gasteiger partial charge is 0.268 e. The number of nitrogens with zero attached hydrogens (tertiary/aromatic N) is 4. The van der Waals surface area contributed by atoms with E-state index in [1.807, 2.05) is 25.9 Å². The summed E-state index contributed by atoms with van der Waals surface area (Å²) in [4.78, 5) is 19.7. The summed E-state index contributed by atoms with van der Waals surface area (Å²) in [6.07, 6.45) is 1.00. The van der Waals surface area contributed by atoms with Crippen molar-refractivity contribution in [3.8, 4) is 5.75 Å². The Morgan fingerprint density at radius 3 is 2.50 bits per heavy atom. The quantitative estimate of drug-likeness (QED) is 0.289. The van der Waals surface area contributed by atoms with Crippen LogP contribution >= 0.6 is 22.6 Å². The van der Waals surface area contributed by atoms with E-state index in [1.54, 1.807) is 22.5 Å². The molecule has 1 aromatic rings. The summed E-state index contributed by atoms with van der Waals surface area (Å²) in [5.74, 6) is 0.468. The Morgan fingerprint density at radius 2 is 1.85 bits per heavy atom. The van der Waals surface area contributed by atoms with Gasteiger partial charge in [-0.2, -0.15) is 4.31 Å². The van der Waals surface area contributed by atoms with Gasteiger partial charge in [0.05, 0.1) is 17.5 Å². The summed E-state index contributed by atoms with van der Waals surface area (Å²) in [5.41, 5.74) is 2.32. The van der Waals surface area contributed by atoms with Crippen LogP contribution in [0.4, 0.5) is 0 Å². The summed E-state index contributed by atoms with van der Waals surface area (Å²) in [5, 5.41) is 3.11. The fourth-order valence-electron chi connectivity index (χ4n) is 4.88. The fourth-order valence-corrected chi connectivity index (χ4v) is 7.09. The molecular formula is C23H34IN5O4S. The maximum Gasteiger partial charge on any atom is 0.268 e.